The first-order valence-electron chi connectivity index (χ1n) is 6.11. The summed E-state index contributed by atoms with van der Waals surface area (Å²) in [5.41, 5.74) is 1.63. The van der Waals surface area contributed by atoms with Crippen LogP contribution in [0.25, 0.3) is 11.5 Å². The first kappa shape index (κ1) is 12.9. The second-order valence-electron chi connectivity index (χ2n) is 4.37. The Morgan fingerprint density at radius 2 is 2.42 bits per heavy atom. The number of rotatable bonds is 4. The van der Waals surface area contributed by atoms with Gasteiger partial charge < -0.3 is 9.15 Å². The standard InChI is InChI=1S/C13H12BrNO3S/c1-2-17-13(16)11-10(7-3-4-7)15-12(18-11)8-5-9(14)19-6-8/h5-7H,2-4H2,1H3. The highest BCUT2D eigenvalue weighted by Gasteiger charge is 2.34. The molecule has 4 nitrogen and oxygen atoms in total. The summed E-state index contributed by atoms with van der Waals surface area (Å²) in [6.07, 6.45) is 2.12. The maximum atomic E-state index is 11.9. The number of hydrogen-bond acceptors (Lipinski definition) is 5. The Morgan fingerprint density at radius 1 is 1.63 bits per heavy atom. The Bertz CT molecular complexity index is 615. The van der Waals surface area contributed by atoms with Gasteiger partial charge in [0.2, 0.25) is 11.7 Å². The number of halogens is 1. The zero-order chi connectivity index (χ0) is 13.4. The van der Waals surface area contributed by atoms with Crippen LogP contribution >= 0.6 is 27.3 Å². The van der Waals surface area contributed by atoms with Crippen molar-refractivity contribution in [2.45, 2.75) is 25.7 Å². The molecule has 6 heteroatoms. The Hall–Kier alpha value is -1.14. The lowest BCUT2D eigenvalue weighted by Crippen LogP contribution is -2.05. The van der Waals surface area contributed by atoms with Gasteiger partial charge in [-0.15, -0.1) is 11.3 Å². The quantitative estimate of drug-likeness (QED) is 0.781. The molecule has 100 valence electrons. The van der Waals surface area contributed by atoms with Crippen LogP contribution in [0.15, 0.2) is 19.6 Å². The summed E-state index contributed by atoms with van der Waals surface area (Å²) in [5, 5.41) is 1.95. The van der Waals surface area contributed by atoms with Crippen LogP contribution in [0.2, 0.25) is 0 Å². The van der Waals surface area contributed by atoms with Crippen LogP contribution in [-0.2, 0) is 4.74 Å². The highest BCUT2D eigenvalue weighted by Crippen LogP contribution is 2.43. The van der Waals surface area contributed by atoms with E-state index in [0.29, 0.717) is 18.4 Å². The fraction of sp³-hybridized carbons (Fsp3) is 0.385. The summed E-state index contributed by atoms with van der Waals surface area (Å²) in [6, 6.07) is 1.93. The van der Waals surface area contributed by atoms with Crippen molar-refractivity contribution in [3.63, 3.8) is 0 Å². The van der Waals surface area contributed by atoms with Gasteiger partial charge in [-0.3, -0.25) is 0 Å². The Labute approximate surface area is 122 Å². The van der Waals surface area contributed by atoms with E-state index < -0.39 is 5.97 Å². The smallest absolute Gasteiger partial charge is 0.376 e. The average Bonchev–Trinajstić information content (AvgIpc) is 2.98. The molecule has 0 amide bonds. The Balaban J connectivity index is 1.98. The molecule has 2 heterocycles. The SMILES string of the molecule is CCOC(=O)c1oc(-c2csc(Br)c2)nc1C1CC1. The van der Waals surface area contributed by atoms with Crippen LogP contribution in [-0.4, -0.2) is 17.6 Å². The molecular formula is C13H12BrNO3S. The number of aromatic nitrogens is 1. The molecule has 0 unspecified atom stereocenters. The van der Waals surface area contributed by atoms with Gasteiger partial charge in [0.15, 0.2) is 0 Å². The molecule has 0 aromatic carbocycles. The molecule has 1 aliphatic carbocycles. The van der Waals surface area contributed by atoms with Crippen molar-refractivity contribution in [1.29, 1.82) is 0 Å². The van der Waals surface area contributed by atoms with Gasteiger partial charge in [-0.05, 0) is 41.8 Å². The van der Waals surface area contributed by atoms with Crippen molar-refractivity contribution < 1.29 is 13.9 Å². The monoisotopic (exact) mass is 341 g/mol. The molecule has 0 aliphatic heterocycles. The van der Waals surface area contributed by atoms with Crippen LogP contribution in [0.1, 0.15) is 41.9 Å². The van der Waals surface area contributed by atoms with E-state index in [0.717, 1.165) is 27.9 Å². The average molecular weight is 342 g/mol. The molecule has 0 atom stereocenters. The van der Waals surface area contributed by atoms with Gasteiger partial charge >= 0.3 is 5.97 Å². The number of carbonyl (C=O) groups excluding carboxylic acids is 1. The third-order valence-electron chi connectivity index (χ3n) is 2.89. The fourth-order valence-electron chi connectivity index (χ4n) is 1.85. The van der Waals surface area contributed by atoms with Crippen LogP contribution < -0.4 is 0 Å². The van der Waals surface area contributed by atoms with Crippen molar-refractivity contribution in [3.05, 3.63) is 26.7 Å². The van der Waals surface area contributed by atoms with Crippen LogP contribution in [0.3, 0.4) is 0 Å². The summed E-state index contributed by atoms with van der Waals surface area (Å²) >= 11 is 4.96. The van der Waals surface area contributed by atoms with Crippen molar-refractivity contribution in [3.8, 4) is 11.5 Å². The van der Waals surface area contributed by atoms with Gasteiger partial charge in [0.1, 0.15) is 0 Å². The van der Waals surface area contributed by atoms with Gasteiger partial charge in [0, 0.05) is 16.9 Å². The normalized spacial score (nSPS) is 14.6. The van der Waals surface area contributed by atoms with Crippen LogP contribution in [0, 0.1) is 0 Å². The van der Waals surface area contributed by atoms with Crippen LogP contribution in [0.4, 0.5) is 0 Å². The Kier molecular flexibility index (Phi) is 3.45. The Morgan fingerprint density at radius 3 is 3.00 bits per heavy atom. The van der Waals surface area contributed by atoms with E-state index >= 15 is 0 Å². The minimum Gasteiger partial charge on any atom is -0.460 e. The zero-order valence-corrected chi connectivity index (χ0v) is 12.7. The first-order valence-corrected chi connectivity index (χ1v) is 7.78. The molecule has 0 saturated heterocycles. The lowest BCUT2D eigenvalue weighted by molar-refractivity contribution is 0.0489. The van der Waals surface area contributed by atoms with Gasteiger partial charge in [-0.2, -0.15) is 0 Å². The number of oxazole rings is 1. The summed E-state index contributed by atoms with van der Waals surface area (Å²) in [7, 11) is 0. The van der Waals surface area contributed by atoms with E-state index in [1.807, 2.05) is 11.4 Å². The number of esters is 1. The second kappa shape index (κ2) is 5.09. The third kappa shape index (κ3) is 2.60. The topological polar surface area (TPSA) is 52.3 Å². The summed E-state index contributed by atoms with van der Waals surface area (Å²) in [5.74, 6) is 0.685. The number of carbonyl (C=O) groups is 1. The summed E-state index contributed by atoms with van der Waals surface area (Å²) in [6.45, 7) is 2.12. The van der Waals surface area contributed by atoms with Crippen molar-refractivity contribution in [1.82, 2.24) is 4.98 Å². The maximum absolute atomic E-state index is 11.9. The summed E-state index contributed by atoms with van der Waals surface area (Å²) in [4.78, 5) is 16.4. The van der Waals surface area contributed by atoms with Gasteiger partial charge in [0.05, 0.1) is 16.1 Å². The molecule has 0 bridgehead atoms. The number of thiophene rings is 1. The number of ether oxygens (including phenoxy) is 1. The largest absolute Gasteiger partial charge is 0.460 e. The first-order chi connectivity index (χ1) is 9.19. The zero-order valence-electron chi connectivity index (χ0n) is 10.3. The summed E-state index contributed by atoms with van der Waals surface area (Å²) < 4.78 is 11.7. The molecule has 0 N–H and O–H groups in total. The van der Waals surface area contributed by atoms with Gasteiger partial charge in [-0.25, -0.2) is 9.78 Å². The van der Waals surface area contributed by atoms with E-state index in [2.05, 4.69) is 20.9 Å². The van der Waals surface area contributed by atoms with Crippen LogP contribution in [0.5, 0.6) is 0 Å². The van der Waals surface area contributed by atoms with E-state index in [1.54, 1.807) is 18.3 Å². The van der Waals surface area contributed by atoms with E-state index in [9.17, 15) is 4.79 Å². The lowest BCUT2D eigenvalue weighted by atomic mass is 10.2. The highest BCUT2D eigenvalue weighted by molar-refractivity contribution is 9.11. The minimum absolute atomic E-state index is 0.265. The van der Waals surface area contributed by atoms with Crippen molar-refractivity contribution in [2.24, 2.45) is 0 Å². The molecule has 1 fully saturated rings. The molecule has 0 spiro atoms. The molecule has 1 aliphatic rings. The fourth-order valence-corrected chi connectivity index (χ4v) is 2.98. The number of nitrogens with zero attached hydrogens (tertiary/aromatic N) is 1. The second-order valence-corrected chi connectivity index (χ2v) is 6.66. The van der Waals surface area contributed by atoms with Crippen molar-refractivity contribution in [2.75, 3.05) is 6.61 Å². The van der Waals surface area contributed by atoms with E-state index in [-0.39, 0.29) is 5.76 Å². The van der Waals surface area contributed by atoms with E-state index in [1.165, 1.54) is 0 Å². The number of hydrogen-bond donors (Lipinski definition) is 0. The molecule has 0 radical (unpaired) electrons. The molecular weight excluding hydrogens is 330 g/mol. The van der Waals surface area contributed by atoms with E-state index in [4.69, 9.17) is 9.15 Å². The predicted molar refractivity (Wildman–Crippen MR) is 75.4 cm³/mol. The lowest BCUT2D eigenvalue weighted by Gasteiger charge is -1.98. The van der Waals surface area contributed by atoms with Crippen molar-refractivity contribution >= 4 is 33.2 Å². The third-order valence-corrected chi connectivity index (χ3v) is 4.40. The molecule has 1 saturated carbocycles. The maximum Gasteiger partial charge on any atom is 0.376 e. The molecule has 3 rings (SSSR count). The predicted octanol–water partition coefficient (Wildman–Crippen LogP) is 4.22. The highest BCUT2D eigenvalue weighted by atomic mass is 79.9. The molecule has 2 aromatic heterocycles. The van der Waals surface area contributed by atoms with Gasteiger partial charge in [0.25, 0.3) is 0 Å². The molecule has 2 aromatic rings. The molecule has 19 heavy (non-hydrogen) atoms. The minimum atomic E-state index is -0.419. The van der Waals surface area contributed by atoms with Gasteiger partial charge in [-0.1, -0.05) is 0 Å².